The van der Waals surface area contributed by atoms with E-state index in [1.807, 2.05) is 0 Å². The molecule has 30 heavy (non-hydrogen) atoms. The molecule has 1 saturated carbocycles. The summed E-state index contributed by atoms with van der Waals surface area (Å²) in [6, 6.07) is 0. The van der Waals surface area contributed by atoms with Crippen molar-refractivity contribution < 1.29 is 53.7 Å². The summed E-state index contributed by atoms with van der Waals surface area (Å²) in [6.45, 7) is -0.264. The molecule has 0 spiro atoms. The zero-order chi connectivity index (χ0) is 22.4. The number of nitrogens with two attached hydrogens (primary N) is 1. The Balaban J connectivity index is 2.23. The molecule has 12 heteroatoms. The quantitative estimate of drug-likeness (QED) is 0.241. The molecule has 1 saturated heterocycles. The third kappa shape index (κ3) is 5.45. The first-order valence-corrected chi connectivity index (χ1v) is 9.72. The van der Waals surface area contributed by atoms with Gasteiger partial charge in [0.2, 0.25) is 0 Å². The van der Waals surface area contributed by atoms with E-state index < -0.39 is 73.3 Å². The Morgan fingerprint density at radius 1 is 0.967 bits per heavy atom. The van der Waals surface area contributed by atoms with Crippen LogP contribution in [0.5, 0.6) is 0 Å². The van der Waals surface area contributed by atoms with Gasteiger partial charge in [0.1, 0.15) is 24.4 Å². The van der Waals surface area contributed by atoms with Crippen LogP contribution in [0.25, 0.3) is 0 Å². The fourth-order valence-electron chi connectivity index (χ4n) is 3.85. The summed E-state index contributed by atoms with van der Waals surface area (Å²) >= 11 is 0. The van der Waals surface area contributed by atoms with Gasteiger partial charge in [0, 0.05) is 6.54 Å². The van der Waals surface area contributed by atoms with Crippen LogP contribution in [0.3, 0.4) is 0 Å². The number of esters is 2. The number of hydrogen-bond acceptors (Lipinski definition) is 12. The minimum absolute atomic E-state index is 0.0172. The molecule has 0 amide bonds. The number of aliphatic hydroxyl groups is 4. The summed E-state index contributed by atoms with van der Waals surface area (Å²) in [4.78, 5) is 24.5. The van der Waals surface area contributed by atoms with Crippen LogP contribution in [-0.2, 0) is 33.3 Å². The first-order valence-electron chi connectivity index (χ1n) is 9.72. The molecule has 0 radical (unpaired) electrons. The topological polar surface area (TPSA) is 187 Å². The van der Waals surface area contributed by atoms with Crippen molar-refractivity contribution >= 4 is 11.9 Å². The van der Waals surface area contributed by atoms with E-state index >= 15 is 0 Å². The number of rotatable bonds is 8. The van der Waals surface area contributed by atoms with Gasteiger partial charge in [-0.3, -0.25) is 9.59 Å². The molecule has 174 valence electrons. The van der Waals surface area contributed by atoms with E-state index in [9.17, 15) is 30.0 Å². The lowest BCUT2D eigenvalue weighted by Gasteiger charge is -2.44. The normalized spacial score (nSPS) is 39.4. The van der Waals surface area contributed by atoms with Gasteiger partial charge in [0.15, 0.2) is 6.29 Å². The predicted molar refractivity (Wildman–Crippen MR) is 97.7 cm³/mol. The van der Waals surface area contributed by atoms with Crippen molar-refractivity contribution in [1.29, 1.82) is 0 Å². The van der Waals surface area contributed by atoms with Crippen molar-refractivity contribution in [3.05, 3.63) is 0 Å². The van der Waals surface area contributed by atoms with Gasteiger partial charge in [-0.25, -0.2) is 0 Å². The van der Waals surface area contributed by atoms with Crippen LogP contribution in [0.15, 0.2) is 0 Å². The average molecular weight is 437 g/mol. The van der Waals surface area contributed by atoms with E-state index in [2.05, 4.69) is 0 Å². The summed E-state index contributed by atoms with van der Waals surface area (Å²) in [6.07, 6.45) is -8.84. The minimum Gasteiger partial charge on any atom is -0.469 e. The van der Waals surface area contributed by atoms with Gasteiger partial charge in [-0.2, -0.15) is 0 Å². The van der Waals surface area contributed by atoms with Crippen LogP contribution < -0.4 is 5.73 Å². The van der Waals surface area contributed by atoms with Gasteiger partial charge >= 0.3 is 11.9 Å². The standard InChI is InChI=1S/C18H31NO11/c1-26-16(24)8-5-10(28-4-3-19)11(6-9(8)17(25)27-2)29-18-15(23)14(22)13(21)12(7-20)30-18/h8-15,18,20-23H,3-7,19H2,1-2H3/t8-,9-,10+,11?,12-,13-,14+,15+,18+/m1/s1. The number of hydrogen-bond donors (Lipinski definition) is 5. The molecule has 0 aromatic carbocycles. The second kappa shape index (κ2) is 11.3. The average Bonchev–Trinajstić information content (AvgIpc) is 2.76. The van der Waals surface area contributed by atoms with E-state index in [0.29, 0.717) is 0 Å². The summed E-state index contributed by atoms with van der Waals surface area (Å²) in [7, 11) is 2.41. The largest absolute Gasteiger partial charge is 0.469 e. The minimum atomic E-state index is -1.62. The van der Waals surface area contributed by atoms with Crippen LogP contribution in [0, 0.1) is 11.8 Å². The van der Waals surface area contributed by atoms with Gasteiger partial charge in [0.25, 0.3) is 0 Å². The fraction of sp³-hybridized carbons (Fsp3) is 0.889. The molecule has 2 aliphatic rings. The number of ether oxygens (including phenoxy) is 5. The monoisotopic (exact) mass is 437 g/mol. The van der Waals surface area contributed by atoms with E-state index in [1.54, 1.807) is 0 Å². The van der Waals surface area contributed by atoms with Gasteiger partial charge in [-0.1, -0.05) is 0 Å². The molecule has 9 atom stereocenters. The smallest absolute Gasteiger partial charge is 0.309 e. The Bertz CT molecular complexity index is 574. The number of carbonyl (C=O) groups is 2. The first kappa shape index (κ1) is 24.9. The SMILES string of the molecule is COC(=O)[C@@H]1CC(O[C@H]2O[C@H](CO)[C@@H](O)[C@H](O)[C@@H]2O)[C@@H](OCCN)C[C@H]1C(=O)OC. The highest BCUT2D eigenvalue weighted by Gasteiger charge is 2.50. The Morgan fingerprint density at radius 2 is 1.53 bits per heavy atom. The fourth-order valence-corrected chi connectivity index (χ4v) is 3.85. The van der Waals surface area contributed by atoms with Crippen molar-refractivity contribution in [2.75, 3.05) is 34.0 Å². The Morgan fingerprint density at radius 3 is 2.03 bits per heavy atom. The molecule has 1 unspecified atom stereocenters. The van der Waals surface area contributed by atoms with Gasteiger partial charge in [0.05, 0.1) is 51.5 Å². The zero-order valence-electron chi connectivity index (χ0n) is 17.0. The highest BCUT2D eigenvalue weighted by Crippen LogP contribution is 2.37. The van der Waals surface area contributed by atoms with Crippen molar-refractivity contribution in [3.8, 4) is 0 Å². The summed E-state index contributed by atoms with van der Waals surface area (Å²) < 4.78 is 26.5. The highest BCUT2D eigenvalue weighted by atomic mass is 16.7. The maximum absolute atomic E-state index is 12.3. The lowest BCUT2D eigenvalue weighted by molar-refractivity contribution is -0.322. The van der Waals surface area contributed by atoms with Gasteiger partial charge < -0.3 is 49.8 Å². The van der Waals surface area contributed by atoms with Crippen molar-refractivity contribution in [2.24, 2.45) is 17.6 Å². The number of carbonyl (C=O) groups excluding carboxylic acids is 2. The third-order valence-corrected chi connectivity index (χ3v) is 5.49. The second-order valence-corrected chi connectivity index (χ2v) is 7.30. The molecular weight excluding hydrogens is 406 g/mol. The Labute approximate surface area is 173 Å². The molecule has 0 bridgehead atoms. The van der Waals surface area contributed by atoms with E-state index in [-0.39, 0.29) is 26.0 Å². The Hall–Kier alpha value is -1.38. The molecule has 2 fully saturated rings. The van der Waals surface area contributed by atoms with Gasteiger partial charge in [-0.15, -0.1) is 0 Å². The number of aliphatic hydroxyl groups excluding tert-OH is 4. The third-order valence-electron chi connectivity index (χ3n) is 5.49. The molecule has 0 aromatic rings. The van der Waals surface area contributed by atoms with E-state index in [0.717, 1.165) is 0 Å². The molecule has 6 N–H and O–H groups in total. The van der Waals surface area contributed by atoms with E-state index in [1.165, 1.54) is 14.2 Å². The molecule has 1 aliphatic carbocycles. The maximum atomic E-state index is 12.3. The predicted octanol–water partition coefficient (Wildman–Crippen LogP) is -3.11. The van der Waals surface area contributed by atoms with Crippen LogP contribution >= 0.6 is 0 Å². The molecular formula is C18H31NO11. The van der Waals surface area contributed by atoms with Crippen LogP contribution in [-0.4, -0.2) is 109 Å². The van der Waals surface area contributed by atoms with Crippen molar-refractivity contribution in [2.45, 2.75) is 55.8 Å². The van der Waals surface area contributed by atoms with Gasteiger partial charge in [-0.05, 0) is 12.8 Å². The lowest BCUT2D eigenvalue weighted by atomic mass is 9.76. The van der Waals surface area contributed by atoms with Crippen molar-refractivity contribution in [3.63, 3.8) is 0 Å². The summed E-state index contributed by atoms with van der Waals surface area (Å²) in [5.74, 6) is -2.96. The van der Waals surface area contributed by atoms with E-state index in [4.69, 9.17) is 29.4 Å². The maximum Gasteiger partial charge on any atom is 0.309 e. The first-order chi connectivity index (χ1) is 14.3. The second-order valence-electron chi connectivity index (χ2n) is 7.30. The molecule has 1 aliphatic heterocycles. The van der Waals surface area contributed by atoms with Crippen LogP contribution in [0.4, 0.5) is 0 Å². The molecule has 1 heterocycles. The summed E-state index contributed by atoms with van der Waals surface area (Å²) in [5.41, 5.74) is 5.50. The van der Waals surface area contributed by atoms with Crippen LogP contribution in [0.1, 0.15) is 12.8 Å². The summed E-state index contributed by atoms with van der Waals surface area (Å²) in [5, 5.41) is 39.5. The molecule has 2 rings (SSSR count). The highest BCUT2D eigenvalue weighted by molar-refractivity contribution is 5.82. The van der Waals surface area contributed by atoms with Crippen LogP contribution in [0.2, 0.25) is 0 Å². The Kier molecular flexibility index (Phi) is 9.37. The lowest BCUT2D eigenvalue weighted by Crippen LogP contribution is -2.61. The molecule has 12 nitrogen and oxygen atoms in total. The van der Waals surface area contributed by atoms with Crippen molar-refractivity contribution in [1.82, 2.24) is 0 Å². The molecule has 0 aromatic heterocycles. The zero-order valence-corrected chi connectivity index (χ0v) is 17.0. The number of methoxy groups -OCH3 is 2.